The minimum Gasteiger partial charge on any atom is -0.477 e. The van der Waals surface area contributed by atoms with Gasteiger partial charge in [-0.15, -0.1) is 0 Å². The summed E-state index contributed by atoms with van der Waals surface area (Å²) < 4.78 is 7.80. The van der Waals surface area contributed by atoms with Gasteiger partial charge in [-0.2, -0.15) is 0 Å². The van der Waals surface area contributed by atoms with Crippen LogP contribution in [0.15, 0.2) is 35.5 Å². The number of H-pyrrole nitrogens is 1. The van der Waals surface area contributed by atoms with Gasteiger partial charge in [-0.05, 0) is 71.2 Å². The number of rotatable bonds is 5. The Morgan fingerprint density at radius 3 is 2.69 bits per heavy atom. The molecule has 4 rings (SSSR count). The molecule has 29 heavy (non-hydrogen) atoms. The number of fused-ring (bicyclic) bond motifs is 1. The van der Waals surface area contributed by atoms with E-state index in [-0.39, 0.29) is 23.4 Å². The molecule has 1 aromatic carbocycles. The summed E-state index contributed by atoms with van der Waals surface area (Å²) in [6, 6.07) is 6.44. The van der Waals surface area contributed by atoms with Crippen LogP contribution in [-0.4, -0.2) is 57.2 Å². The minimum atomic E-state index is 0.0180. The molecule has 0 aliphatic carbocycles. The Labute approximate surface area is 173 Å². The number of piperidine rings is 1. The molecular formula is C23H34N4O2. The van der Waals surface area contributed by atoms with E-state index in [2.05, 4.69) is 47.3 Å². The summed E-state index contributed by atoms with van der Waals surface area (Å²) in [7, 11) is 0. The average Bonchev–Trinajstić information content (AvgIpc) is 3.22. The molecule has 158 valence electrons. The van der Waals surface area contributed by atoms with Gasteiger partial charge < -0.3 is 14.6 Å². The maximum atomic E-state index is 12.6. The van der Waals surface area contributed by atoms with Gasteiger partial charge in [0.25, 0.3) is 0 Å². The summed E-state index contributed by atoms with van der Waals surface area (Å²) in [5.74, 6) is 0.791. The average molecular weight is 399 g/mol. The molecule has 2 saturated heterocycles. The Morgan fingerprint density at radius 2 is 2.00 bits per heavy atom. The standard InChI is InChI=1S/C23H34N4O2/c1-16(2)29-18(4)25-13-10-23(5,15-25)26-11-8-19(9-12-26)27-21-14-17(3)6-7-20(21)24-22(27)28/h6-7,14,16,19H,4,8-13,15H2,1-3,5H3,(H,24,28). The Morgan fingerprint density at radius 1 is 1.28 bits per heavy atom. The van der Waals surface area contributed by atoms with Crippen LogP contribution < -0.4 is 5.69 Å². The number of ether oxygens (including phenoxy) is 1. The van der Waals surface area contributed by atoms with Crippen LogP contribution in [-0.2, 0) is 4.74 Å². The molecule has 2 aliphatic rings. The van der Waals surface area contributed by atoms with Gasteiger partial charge in [0.05, 0.1) is 17.1 Å². The quantitative estimate of drug-likeness (QED) is 0.782. The zero-order chi connectivity index (χ0) is 20.8. The van der Waals surface area contributed by atoms with E-state index >= 15 is 0 Å². The van der Waals surface area contributed by atoms with Crippen molar-refractivity contribution in [2.45, 2.75) is 64.6 Å². The van der Waals surface area contributed by atoms with E-state index in [1.807, 2.05) is 24.5 Å². The van der Waals surface area contributed by atoms with E-state index < -0.39 is 0 Å². The van der Waals surface area contributed by atoms with Crippen LogP contribution in [0, 0.1) is 6.92 Å². The fraction of sp³-hybridized carbons (Fsp3) is 0.609. The fourth-order valence-corrected chi connectivity index (χ4v) is 5.02. The summed E-state index contributed by atoms with van der Waals surface area (Å²) >= 11 is 0. The second-order valence-electron chi connectivity index (χ2n) is 9.27. The highest BCUT2D eigenvalue weighted by molar-refractivity contribution is 5.76. The first kappa shape index (κ1) is 20.1. The minimum absolute atomic E-state index is 0.0180. The van der Waals surface area contributed by atoms with E-state index in [4.69, 9.17) is 4.74 Å². The van der Waals surface area contributed by atoms with Gasteiger partial charge in [-0.1, -0.05) is 6.07 Å². The number of aromatic amines is 1. The molecule has 6 heteroatoms. The highest BCUT2D eigenvalue weighted by Crippen LogP contribution is 2.35. The number of nitrogens with one attached hydrogen (secondary N) is 1. The van der Waals surface area contributed by atoms with Crippen molar-refractivity contribution in [3.05, 3.63) is 46.7 Å². The van der Waals surface area contributed by atoms with Gasteiger partial charge in [-0.3, -0.25) is 9.47 Å². The molecule has 2 fully saturated rings. The molecule has 0 saturated carbocycles. The van der Waals surface area contributed by atoms with Crippen LogP contribution in [0.1, 0.15) is 51.6 Å². The third-order valence-corrected chi connectivity index (χ3v) is 6.64. The SMILES string of the molecule is C=C(OC(C)C)N1CCC(C)(N2CCC(n3c(=O)[nH]c4ccc(C)cc43)CC2)C1. The smallest absolute Gasteiger partial charge is 0.326 e. The van der Waals surface area contributed by atoms with Gasteiger partial charge in [-0.25, -0.2) is 4.79 Å². The van der Waals surface area contributed by atoms with Crippen molar-refractivity contribution in [3.8, 4) is 0 Å². The lowest BCUT2D eigenvalue weighted by molar-refractivity contribution is 0.0502. The van der Waals surface area contributed by atoms with Crippen molar-refractivity contribution < 1.29 is 4.74 Å². The van der Waals surface area contributed by atoms with Crippen LogP contribution in [0.4, 0.5) is 0 Å². The van der Waals surface area contributed by atoms with Gasteiger partial charge in [0.2, 0.25) is 0 Å². The Hall–Kier alpha value is -2.21. The normalized spacial score (nSPS) is 24.0. The third-order valence-electron chi connectivity index (χ3n) is 6.64. The number of hydrogen-bond acceptors (Lipinski definition) is 4. The highest BCUT2D eigenvalue weighted by Gasteiger charge is 2.41. The maximum absolute atomic E-state index is 12.6. The third kappa shape index (κ3) is 3.82. The van der Waals surface area contributed by atoms with Crippen LogP contribution in [0.25, 0.3) is 11.0 Å². The number of aromatic nitrogens is 2. The number of aryl methyl sites for hydroxylation is 1. The highest BCUT2D eigenvalue weighted by atomic mass is 16.5. The van der Waals surface area contributed by atoms with Crippen molar-refractivity contribution in [3.63, 3.8) is 0 Å². The van der Waals surface area contributed by atoms with Crippen LogP contribution in [0.2, 0.25) is 0 Å². The number of hydrogen-bond donors (Lipinski definition) is 1. The molecule has 0 spiro atoms. The Bertz CT molecular complexity index is 951. The molecule has 3 heterocycles. The molecule has 0 amide bonds. The van der Waals surface area contributed by atoms with Gasteiger partial charge in [0, 0.05) is 37.8 Å². The van der Waals surface area contributed by atoms with Crippen molar-refractivity contribution in [2.75, 3.05) is 26.2 Å². The Balaban J connectivity index is 1.44. The summed E-state index contributed by atoms with van der Waals surface area (Å²) in [4.78, 5) is 20.5. The fourth-order valence-electron chi connectivity index (χ4n) is 5.02. The van der Waals surface area contributed by atoms with Crippen LogP contribution in [0.5, 0.6) is 0 Å². The van der Waals surface area contributed by atoms with Gasteiger partial charge >= 0.3 is 5.69 Å². The largest absolute Gasteiger partial charge is 0.477 e. The predicted molar refractivity (Wildman–Crippen MR) is 117 cm³/mol. The van der Waals surface area contributed by atoms with Crippen molar-refractivity contribution in [1.29, 1.82) is 0 Å². The summed E-state index contributed by atoms with van der Waals surface area (Å²) in [5, 5.41) is 0. The number of benzene rings is 1. The summed E-state index contributed by atoms with van der Waals surface area (Å²) in [5.41, 5.74) is 3.31. The van der Waals surface area contributed by atoms with Crippen molar-refractivity contribution in [2.24, 2.45) is 0 Å². The lowest BCUT2D eigenvalue weighted by Crippen LogP contribution is -2.52. The first-order valence-electron chi connectivity index (χ1n) is 10.8. The molecule has 2 aromatic rings. The number of imidazole rings is 1. The van der Waals surface area contributed by atoms with Gasteiger partial charge in [0.1, 0.15) is 0 Å². The second kappa shape index (κ2) is 7.56. The van der Waals surface area contributed by atoms with E-state index in [1.54, 1.807) is 0 Å². The topological polar surface area (TPSA) is 53.5 Å². The van der Waals surface area contributed by atoms with E-state index in [9.17, 15) is 4.79 Å². The lowest BCUT2D eigenvalue weighted by atomic mass is 9.93. The molecule has 1 N–H and O–H groups in total. The summed E-state index contributed by atoms with van der Waals surface area (Å²) in [6.45, 7) is 16.6. The number of likely N-dealkylation sites (tertiary alicyclic amines) is 2. The molecule has 1 unspecified atom stereocenters. The molecule has 6 nitrogen and oxygen atoms in total. The second-order valence-corrected chi connectivity index (χ2v) is 9.27. The van der Waals surface area contributed by atoms with E-state index in [0.29, 0.717) is 0 Å². The van der Waals surface area contributed by atoms with E-state index in [0.717, 1.165) is 62.4 Å². The molecule has 1 atom stereocenters. The first-order chi connectivity index (χ1) is 13.8. The van der Waals surface area contributed by atoms with Gasteiger partial charge in [0.15, 0.2) is 5.88 Å². The molecule has 0 radical (unpaired) electrons. The van der Waals surface area contributed by atoms with Crippen molar-refractivity contribution in [1.82, 2.24) is 19.4 Å². The van der Waals surface area contributed by atoms with Crippen LogP contribution >= 0.6 is 0 Å². The van der Waals surface area contributed by atoms with E-state index in [1.165, 1.54) is 5.56 Å². The number of nitrogens with zero attached hydrogens (tertiary/aromatic N) is 3. The lowest BCUT2D eigenvalue weighted by Gasteiger charge is -2.43. The first-order valence-corrected chi connectivity index (χ1v) is 10.8. The molecular weight excluding hydrogens is 364 g/mol. The van der Waals surface area contributed by atoms with Crippen LogP contribution in [0.3, 0.4) is 0 Å². The predicted octanol–water partition coefficient (Wildman–Crippen LogP) is 3.64. The molecule has 0 bridgehead atoms. The maximum Gasteiger partial charge on any atom is 0.326 e. The Kier molecular flexibility index (Phi) is 5.23. The zero-order valence-electron chi connectivity index (χ0n) is 18.2. The summed E-state index contributed by atoms with van der Waals surface area (Å²) in [6.07, 6.45) is 3.27. The molecule has 2 aliphatic heterocycles. The molecule has 1 aromatic heterocycles. The zero-order valence-corrected chi connectivity index (χ0v) is 18.2. The monoisotopic (exact) mass is 398 g/mol. The van der Waals surface area contributed by atoms with Crippen molar-refractivity contribution >= 4 is 11.0 Å².